The number of halogens is 1. The van der Waals surface area contributed by atoms with Gasteiger partial charge in [0.15, 0.2) is 0 Å². The molecule has 0 fully saturated rings. The number of fused-ring (bicyclic) bond motifs is 1. The van der Waals surface area contributed by atoms with Crippen molar-refractivity contribution in [2.24, 2.45) is 0 Å². The van der Waals surface area contributed by atoms with E-state index in [0.29, 0.717) is 10.7 Å². The molecule has 7 nitrogen and oxygen atoms in total. The fourth-order valence-corrected chi connectivity index (χ4v) is 2.39. The summed E-state index contributed by atoms with van der Waals surface area (Å²) < 4.78 is 6.49. The summed E-state index contributed by atoms with van der Waals surface area (Å²) in [6.07, 6.45) is 1.34. The molecule has 23 heavy (non-hydrogen) atoms. The van der Waals surface area contributed by atoms with Gasteiger partial charge in [-0.15, -0.1) is 5.10 Å². The molecule has 0 N–H and O–H groups in total. The molecule has 0 aliphatic carbocycles. The Kier molecular flexibility index (Phi) is 4.20. The number of rotatable bonds is 4. The number of hydrogen-bond donors (Lipinski definition) is 0. The molecule has 0 bridgehead atoms. The normalized spacial score (nSPS) is 10.9. The molecule has 2 aromatic heterocycles. The summed E-state index contributed by atoms with van der Waals surface area (Å²) in [6, 6.07) is 5.90. The third kappa shape index (κ3) is 3.29. The third-order valence-corrected chi connectivity index (χ3v) is 3.94. The molecule has 3 aromatic rings. The maximum Gasteiger partial charge on any atom is 0.328 e. The van der Waals surface area contributed by atoms with Crippen LogP contribution in [0.1, 0.15) is 16.7 Å². The number of aromatic nitrogens is 5. The van der Waals surface area contributed by atoms with Gasteiger partial charge in [-0.2, -0.15) is 0 Å². The van der Waals surface area contributed by atoms with Crippen molar-refractivity contribution < 1.29 is 9.53 Å². The van der Waals surface area contributed by atoms with Crippen molar-refractivity contribution in [2.45, 2.75) is 27.0 Å². The predicted molar refractivity (Wildman–Crippen MR) is 83.8 cm³/mol. The van der Waals surface area contributed by atoms with Crippen LogP contribution < -0.4 is 0 Å². The molecule has 0 spiro atoms. The van der Waals surface area contributed by atoms with Gasteiger partial charge in [0.25, 0.3) is 0 Å². The lowest BCUT2D eigenvalue weighted by Crippen LogP contribution is -2.14. The number of pyridine rings is 1. The summed E-state index contributed by atoms with van der Waals surface area (Å²) in [7, 11) is 0. The first kappa shape index (κ1) is 15.4. The number of esters is 1. The van der Waals surface area contributed by atoms with E-state index in [-0.39, 0.29) is 13.2 Å². The summed E-state index contributed by atoms with van der Waals surface area (Å²) in [6.45, 7) is 4.03. The number of benzene rings is 1. The lowest BCUT2D eigenvalue weighted by Gasteiger charge is -2.10. The van der Waals surface area contributed by atoms with E-state index in [4.69, 9.17) is 16.3 Å². The van der Waals surface area contributed by atoms with E-state index in [0.717, 1.165) is 22.0 Å². The SMILES string of the molecule is Cc1ccc2cc(COC(=O)Cn3cnnn3)c(Cl)nc2c1C. The van der Waals surface area contributed by atoms with Crippen molar-refractivity contribution in [3.8, 4) is 0 Å². The van der Waals surface area contributed by atoms with Crippen molar-refractivity contribution in [2.75, 3.05) is 0 Å². The fraction of sp³-hybridized carbons (Fsp3) is 0.267. The van der Waals surface area contributed by atoms with Crippen molar-refractivity contribution in [1.82, 2.24) is 25.2 Å². The quantitative estimate of drug-likeness (QED) is 0.538. The average molecular weight is 332 g/mol. The molecular formula is C15H14ClN5O2. The lowest BCUT2D eigenvalue weighted by atomic mass is 10.0. The van der Waals surface area contributed by atoms with Crippen LogP contribution in [-0.2, 0) is 22.7 Å². The van der Waals surface area contributed by atoms with E-state index in [9.17, 15) is 4.79 Å². The first-order valence-corrected chi connectivity index (χ1v) is 7.34. The molecule has 1 aromatic carbocycles. The topological polar surface area (TPSA) is 82.8 Å². The van der Waals surface area contributed by atoms with Gasteiger partial charge in [0.05, 0.1) is 5.52 Å². The monoisotopic (exact) mass is 331 g/mol. The molecule has 3 rings (SSSR count). The van der Waals surface area contributed by atoms with Crippen LogP contribution in [-0.4, -0.2) is 31.2 Å². The zero-order chi connectivity index (χ0) is 16.4. The molecule has 0 aliphatic rings. The zero-order valence-corrected chi connectivity index (χ0v) is 13.4. The predicted octanol–water partition coefficient (Wildman–Crippen LogP) is 2.23. The Morgan fingerprint density at radius 3 is 2.91 bits per heavy atom. The van der Waals surface area contributed by atoms with Gasteiger partial charge in [0, 0.05) is 10.9 Å². The van der Waals surface area contributed by atoms with Crippen molar-refractivity contribution in [3.63, 3.8) is 0 Å². The summed E-state index contributed by atoms with van der Waals surface area (Å²) in [5.74, 6) is -0.450. The van der Waals surface area contributed by atoms with Gasteiger partial charge in [-0.3, -0.25) is 4.79 Å². The van der Waals surface area contributed by atoms with Crippen LogP contribution in [0, 0.1) is 13.8 Å². The van der Waals surface area contributed by atoms with Crippen LogP contribution in [0.3, 0.4) is 0 Å². The van der Waals surface area contributed by atoms with E-state index in [1.165, 1.54) is 11.0 Å². The number of hydrogen-bond acceptors (Lipinski definition) is 6. The van der Waals surface area contributed by atoms with Gasteiger partial charge in [-0.05, 0) is 41.5 Å². The number of aryl methyl sites for hydroxylation is 2. The zero-order valence-electron chi connectivity index (χ0n) is 12.7. The van der Waals surface area contributed by atoms with E-state index in [1.54, 1.807) is 0 Å². The van der Waals surface area contributed by atoms with Gasteiger partial charge < -0.3 is 4.74 Å². The van der Waals surface area contributed by atoms with Gasteiger partial charge in [-0.1, -0.05) is 23.7 Å². The fourth-order valence-electron chi connectivity index (χ4n) is 2.19. The smallest absolute Gasteiger partial charge is 0.328 e. The molecule has 0 radical (unpaired) electrons. The summed E-state index contributed by atoms with van der Waals surface area (Å²) in [5, 5.41) is 11.8. The third-order valence-electron chi connectivity index (χ3n) is 3.61. The molecule has 0 saturated heterocycles. The molecule has 2 heterocycles. The van der Waals surface area contributed by atoms with E-state index >= 15 is 0 Å². The van der Waals surface area contributed by atoms with Crippen LogP contribution in [0.25, 0.3) is 10.9 Å². The van der Waals surface area contributed by atoms with Crippen molar-refractivity contribution in [3.05, 3.63) is 46.4 Å². The van der Waals surface area contributed by atoms with Crippen LogP contribution in [0.15, 0.2) is 24.5 Å². The van der Waals surface area contributed by atoms with Gasteiger partial charge in [0.2, 0.25) is 0 Å². The minimum absolute atomic E-state index is 0.0512. The highest BCUT2D eigenvalue weighted by Gasteiger charge is 2.11. The Morgan fingerprint density at radius 1 is 1.35 bits per heavy atom. The van der Waals surface area contributed by atoms with Gasteiger partial charge >= 0.3 is 5.97 Å². The molecule has 118 valence electrons. The average Bonchev–Trinajstić information content (AvgIpc) is 3.03. The highest BCUT2D eigenvalue weighted by Crippen LogP contribution is 2.25. The Balaban J connectivity index is 1.76. The van der Waals surface area contributed by atoms with Crippen molar-refractivity contribution >= 4 is 28.5 Å². The Hall–Kier alpha value is -2.54. The summed E-state index contributed by atoms with van der Waals surface area (Å²) in [4.78, 5) is 16.2. The second kappa shape index (κ2) is 6.29. The highest BCUT2D eigenvalue weighted by molar-refractivity contribution is 6.30. The van der Waals surface area contributed by atoms with Crippen LogP contribution >= 0.6 is 11.6 Å². The summed E-state index contributed by atoms with van der Waals surface area (Å²) in [5.41, 5.74) is 3.76. The molecule has 0 atom stereocenters. The maximum absolute atomic E-state index is 11.8. The minimum atomic E-state index is -0.450. The number of tetrazole rings is 1. The first-order chi connectivity index (χ1) is 11.0. The number of nitrogens with zero attached hydrogens (tertiary/aromatic N) is 5. The first-order valence-electron chi connectivity index (χ1n) is 6.96. The molecule has 0 unspecified atom stereocenters. The number of ether oxygens (including phenoxy) is 1. The van der Waals surface area contributed by atoms with E-state index < -0.39 is 5.97 Å². The van der Waals surface area contributed by atoms with Gasteiger partial charge in [0.1, 0.15) is 24.6 Å². The highest BCUT2D eigenvalue weighted by atomic mass is 35.5. The molecule has 0 aliphatic heterocycles. The molecular weight excluding hydrogens is 318 g/mol. The number of carbonyl (C=O) groups is 1. The second-order valence-electron chi connectivity index (χ2n) is 5.19. The van der Waals surface area contributed by atoms with Crippen LogP contribution in [0.2, 0.25) is 5.15 Å². The van der Waals surface area contributed by atoms with Crippen molar-refractivity contribution in [1.29, 1.82) is 0 Å². The molecule has 0 amide bonds. The number of carbonyl (C=O) groups excluding carboxylic acids is 1. The lowest BCUT2D eigenvalue weighted by molar-refractivity contribution is -0.145. The minimum Gasteiger partial charge on any atom is -0.459 e. The largest absolute Gasteiger partial charge is 0.459 e. The maximum atomic E-state index is 11.8. The Bertz CT molecular complexity index is 864. The molecule has 8 heteroatoms. The van der Waals surface area contributed by atoms with Gasteiger partial charge in [-0.25, -0.2) is 9.67 Å². The second-order valence-corrected chi connectivity index (χ2v) is 5.54. The Morgan fingerprint density at radius 2 is 2.17 bits per heavy atom. The van der Waals surface area contributed by atoms with E-state index in [2.05, 4.69) is 20.5 Å². The van der Waals surface area contributed by atoms with Crippen LogP contribution in [0.5, 0.6) is 0 Å². The Labute approximate surface area is 137 Å². The molecule has 0 saturated carbocycles. The standard InChI is InChI=1S/C15H14ClN5O2/c1-9-3-4-11-5-12(15(16)18-14(11)10(9)2)7-23-13(22)6-21-8-17-19-20-21/h3-5,8H,6-7H2,1-2H3. The van der Waals surface area contributed by atoms with E-state index in [1.807, 2.05) is 32.0 Å². The van der Waals surface area contributed by atoms with Crippen LogP contribution in [0.4, 0.5) is 0 Å². The summed E-state index contributed by atoms with van der Waals surface area (Å²) >= 11 is 6.21.